The van der Waals surface area contributed by atoms with Crippen LogP contribution in [0.1, 0.15) is 31.4 Å². The Kier molecular flexibility index (Phi) is 3.97. The molecule has 0 saturated carbocycles. The lowest BCUT2D eigenvalue weighted by Gasteiger charge is -2.21. The number of pyridine rings is 1. The molecule has 1 atom stereocenters. The van der Waals surface area contributed by atoms with Crippen molar-refractivity contribution >= 4 is 10.9 Å². The summed E-state index contributed by atoms with van der Waals surface area (Å²) in [5.41, 5.74) is 2.28. The summed E-state index contributed by atoms with van der Waals surface area (Å²) >= 11 is 0. The summed E-state index contributed by atoms with van der Waals surface area (Å²) in [4.78, 5) is 4.44. The number of ether oxygens (including phenoxy) is 1. The van der Waals surface area contributed by atoms with Crippen LogP contribution in [-0.4, -0.2) is 18.1 Å². The van der Waals surface area contributed by atoms with Crippen LogP contribution in [-0.2, 0) is 4.74 Å². The molecule has 1 aliphatic rings. The summed E-state index contributed by atoms with van der Waals surface area (Å²) in [5, 5.41) is 4.79. The second-order valence-electron chi connectivity index (χ2n) is 5.05. The summed E-state index contributed by atoms with van der Waals surface area (Å²) < 4.78 is 5.79. The van der Waals surface area contributed by atoms with E-state index in [0.717, 1.165) is 37.3 Å². The molecule has 1 aromatic heterocycles. The second-order valence-corrected chi connectivity index (χ2v) is 5.05. The fourth-order valence-electron chi connectivity index (χ4n) is 2.66. The van der Waals surface area contributed by atoms with Crippen LogP contribution in [0.3, 0.4) is 0 Å². The molecular formula is C17H20N2O. The van der Waals surface area contributed by atoms with E-state index in [1.165, 1.54) is 10.9 Å². The first-order chi connectivity index (χ1) is 9.90. The van der Waals surface area contributed by atoms with E-state index in [0.29, 0.717) is 0 Å². The monoisotopic (exact) mass is 268 g/mol. The van der Waals surface area contributed by atoms with Gasteiger partial charge in [-0.05, 0) is 36.7 Å². The van der Waals surface area contributed by atoms with Gasteiger partial charge in [-0.1, -0.05) is 25.1 Å². The molecule has 0 saturated heterocycles. The first kappa shape index (κ1) is 13.1. The van der Waals surface area contributed by atoms with Gasteiger partial charge in [-0.3, -0.25) is 4.98 Å². The van der Waals surface area contributed by atoms with Gasteiger partial charge >= 0.3 is 0 Å². The molecule has 0 radical (unpaired) electrons. The Morgan fingerprint density at radius 2 is 2.20 bits per heavy atom. The van der Waals surface area contributed by atoms with E-state index in [4.69, 9.17) is 4.74 Å². The van der Waals surface area contributed by atoms with Gasteiger partial charge in [0.2, 0.25) is 0 Å². The van der Waals surface area contributed by atoms with Crippen molar-refractivity contribution in [2.75, 3.05) is 13.2 Å². The number of fused-ring (bicyclic) bond motifs is 1. The van der Waals surface area contributed by atoms with Gasteiger partial charge in [0.15, 0.2) is 0 Å². The van der Waals surface area contributed by atoms with Crippen molar-refractivity contribution in [2.45, 2.75) is 25.8 Å². The minimum Gasteiger partial charge on any atom is -0.496 e. The maximum absolute atomic E-state index is 5.79. The average Bonchev–Trinajstić information content (AvgIpc) is 3.02. The molecule has 20 heavy (non-hydrogen) atoms. The van der Waals surface area contributed by atoms with Crippen molar-refractivity contribution in [1.82, 2.24) is 10.3 Å². The number of nitrogens with zero attached hydrogens (tertiary/aromatic N) is 1. The first-order valence-electron chi connectivity index (χ1n) is 7.30. The normalized spacial score (nSPS) is 15.9. The van der Waals surface area contributed by atoms with E-state index in [1.54, 1.807) is 0 Å². The summed E-state index contributed by atoms with van der Waals surface area (Å²) in [7, 11) is 0. The van der Waals surface area contributed by atoms with Crippen molar-refractivity contribution in [2.24, 2.45) is 0 Å². The van der Waals surface area contributed by atoms with Gasteiger partial charge in [0, 0.05) is 18.0 Å². The second kappa shape index (κ2) is 6.06. The maximum Gasteiger partial charge on any atom is 0.114 e. The zero-order valence-electron chi connectivity index (χ0n) is 11.8. The molecule has 104 valence electrons. The quantitative estimate of drug-likeness (QED) is 0.900. The van der Waals surface area contributed by atoms with E-state index < -0.39 is 0 Å². The molecule has 0 aliphatic carbocycles. The van der Waals surface area contributed by atoms with Crippen molar-refractivity contribution in [3.05, 3.63) is 53.9 Å². The molecule has 0 bridgehead atoms. The standard InChI is InChI=1S/C17H20N2O/c1-2-10-19-17(16-8-5-12-20-16)14-9-11-18-15-7-4-3-6-13(14)15/h3-4,6-9,11,17,19H,2,5,10,12H2,1H3. The number of hydrogen-bond donors (Lipinski definition) is 1. The summed E-state index contributed by atoms with van der Waals surface area (Å²) in [5.74, 6) is 1.05. The molecule has 1 N–H and O–H groups in total. The number of hydrogen-bond acceptors (Lipinski definition) is 3. The summed E-state index contributed by atoms with van der Waals surface area (Å²) in [6.45, 7) is 3.95. The third-order valence-electron chi connectivity index (χ3n) is 3.61. The minimum absolute atomic E-state index is 0.130. The highest BCUT2D eigenvalue weighted by atomic mass is 16.5. The van der Waals surface area contributed by atoms with Crippen molar-refractivity contribution in [3.63, 3.8) is 0 Å². The zero-order chi connectivity index (χ0) is 13.8. The van der Waals surface area contributed by atoms with Crippen LogP contribution in [0.4, 0.5) is 0 Å². The van der Waals surface area contributed by atoms with Crippen LogP contribution in [0.5, 0.6) is 0 Å². The third-order valence-corrected chi connectivity index (χ3v) is 3.61. The Morgan fingerprint density at radius 1 is 1.30 bits per heavy atom. The topological polar surface area (TPSA) is 34.1 Å². The lowest BCUT2D eigenvalue weighted by atomic mass is 10.00. The average molecular weight is 268 g/mol. The maximum atomic E-state index is 5.79. The highest BCUT2D eigenvalue weighted by molar-refractivity contribution is 5.82. The number of benzene rings is 1. The first-order valence-corrected chi connectivity index (χ1v) is 7.30. The van der Waals surface area contributed by atoms with E-state index >= 15 is 0 Å². The number of para-hydroxylation sites is 1. The fourth-order valence-corrected chi connectivity index (χ4v) is 2.66. The summed E-state index contributed by atoms with van der Waals surface area (Å²) in [6, 6.07) is 10.5. The van der Waals surface area contributed by atoms with Gasteiger partial charge in [0.1, 0.15) is 5.76 Å². The Hall–Kier alpha value is -1.87. The Labute approximate surface area is 119 Å². The van der Waals surface area contributed by atoms with Crippen molar-refractivity contribution in [1.29, 1.82) is 0 Å². The number of nitrogens with one attached hydrogen (secondary N) is 1. The molecular weight excluding hydrogens is 248 g/mol. The third kappa shape index (κ3) is 2.54. The fraction of sp³-hybridized carbons (Fsp3) is 0.353. The molecule has 0 spiro atoms. The summed E-state index contributed by atoms with van der Waals surface area (Å²) in [6.07, 6.45) is 6.19. The Balaban J connectivity index is 2.04. The Morgan fingerprint density at radius 3 is 3.00 bits per heavy atom. The molecule has 1 aromatic carbocycles. The van der Waals surface area contributed by atoms with Crippen LogP contribution in [0.15, 0.2) is 48.4 Å². The molecule has 0 fully saturated rings. The highest BCUT2D eigenvalue weighted by Gasteiger charge is 2.22. The van der Waals surface area contributed by atoms with Gasteiger partial charge in [0.25, 0.3) is 0 Å². The van der Waals surface area contributed by atoms with Crippen LogP contribution in [0.2, 0.25) is 0 Å². The van der Waals surface area contributed by atoms with Gasteiger partial charge in [0.05, 0.1) is 18.2 Å². The van der Waals surface area contributed by atoms with E-state index in [-0.39, 0.29) is 6.04 Å². The van der Waals surface area contributed by atoms with Crippen LogP contribution < -0.4 is 5.32 Å². The van der Waals surface area contributed by atoms with Gasteiger partial charge in [-0.2, -0.15) is 0 Å². The minimum atomic E-state index is 0.130. The van der Waals surface area contributed by atoms with E-state index in [1.807, 2.05) is 12.3 Å². The highest BCUT2D eigenvalue weighted by Crippen LogP contribution is 2.30. The SMILES string of the molecule is CCCNC(C1=CCCO1)c1ccnc2ccccc12. The predicted molar refractivity (Wildman–Crippen MR) is 81.4 cm³/mol. The predicted octanol–water partition coefficient (Wildman–Crippen LogP) is 3.58. The molecule has 3 rings (SSSR count). The van der Waals surface area contributed by atoms with Crippen LogP contribution in [0.25, 0.3) is 10.9 Å². The van der Waals surface area contributed by atoms with Gasteiger partial charge in [-0.25, -0.2) is 0 Å². The zero-order valence-corrected chi connectivity index (χ0v) is 11.8. The molecule has 2 heterocycles. The van der Waals surface area contributed by atoms with Gasteiger partial charge in [-0.15, -0.1) is 0 Å². The van der Waals surface area contributed by atoms with Crippen molar-refractivity contribution < 1.29 is 4.74 Å². The van der Waals surface area contributed by atoms with Gasteiger partial charge < -0.3 is 10.1 Å². The van der Waals surface area contributed by atoms with E-state index in [2.05, 4.69) is 47.6 Å². The molecule has 0 amide bonds. The van der Waals surface area contributed by atoms with Crippen LogP contribution >= 0.6 is 0 Å². The van der Waals surface area contributed by atoms with Crippen molar-refractivity contribution in [3.8, 4) is 0 Å². The number of rotatable bonds is 5. The Bertz CT molecular complexity index is 616. The molecule has 1 aliphatic heterocycles. The van der Waals surface area contributed by atoms with E-state index in [9.17, 15) is 0 Å². The molecule has 2 aromatic rings. The number of aromatic nitrogens is 1. The molecule has 3 heteroatoms. The largest absolute Gasteiger partial charge is 0.496 e. The molecule has 1 unspecified atom stereocenters. The van der Waals surface area contributed by atoms with Crippen LogP contribution in [0, 0.1) is 0 Å². The molecule has 3 nitrogen and oxygen atoms in total. The lowest BCUT2D eigenvalue weighted by Crippen LogP contribution is -2.24. The lowest BCUT2D eigenvalue weighted by molar-refractivity contribution is 0.215. The smallest absolute Gasteiger partial charge is 0.114 e.